The van der Waals surface area contributed by atoms with E-state index in [1.54, 1.807) is 0 Å². The number of carbonyl (C=O) groups is 2. The quantitative estimate of drug-likeness (QED) is 0.594. The summed E-state index contributed by atoms with van der Waals surface area (Å²) in [4.78, 5) is 20.9. The van der Waals surface area contributed by atoms with E-state index in [-0.39, 0.29) is 12.2 Å². The highest BCUT2D eigenvalue weighted by atomic mass is 16.4. The van der Waals surface area contributed by atoms with Crippen molar-refractivity contribution < 1.29 is 14.7 Å². The molecule has 0 saturated heterocycles. The van der Waals surface area contributed by atoms with E-state index < -0.39 is 12.0 Å². The van der Waals surface area contributed by atoms with Gasteiger partial charge in [-0.05, 0) is 13.5 Å². The van der Waals surface area contributed by atoms with E-state index in [1.807, 2.05) is 6.92 Å². The molecule has 4 nitrogen and oxygen atoms in total. The van der Waals surface area contributed by atoms with Crippen LogP contribution < -0.4 is 5.32 Å². The second kappa shape index (κ2) is 4.85. The second-order valence-electron chi connectivity index (χ2n) is 2.32. The van der Waals surface area contributed by atoms with Crippen molar-refractivity contribution in [3.8, 4) is 0 Å². The smallest absolute Gasteiger partial charge is 0.305 e. The number of hydrogen-bond acceptors (Lipinski definition) is 3. The highest BCUT2D eigenvalue weighted by molar-refractivity contribution is 5.85. The summed E-state index contributed by atoms with van der Waals surface area (Å²) < 4.78 is 0. The predicted molar refractivity (Wildman–Crippen MR) is 40.4 cm³/mol. The molecule has 1 atom stereocenters. The first-order chi connectivity index (χ1) is 5.07. The van der Waals surface area contributed by atoms with Gasteiger partial charge in [-0.25, -0.2) is 0 Å². The molecule has 0 aromatic carbocycles. The van der Waals surface area contributed by atoms with Crippen LogP contribution in [0.3, 0.4) is 0 Å². The van der Waals surface area contributed by atoms with E-state index in [9.17, 15) is 9.59 Å². The van der Waals surface area contributed by atoms with Crippen molar-refractivity contribution in [2.75, 3.05) is 6.54 Å². The summed E-state index contributed by atoms with van der Waals surface area (Å²) in [6.45, 7) is 3.82. The number of ketones is 1. The van der Waals surface area contributed by atoms with Crippen LogP contribution >= 0.6 is 0 Å². The Bertz CT molecular complexity index is 156. The van der Waals surface area contributed by atoms with E-state index in [0.717, 1.165) is 0 Å². The average molecular weight is 159 g/mol. The molecule has 4 heteroatoms. The zero-order valence-corrected chi connectivity index (χ0v) is 6.76. The molecule has 0 aliphatic heterocycles. The molecule has 0 radical (unpaired) electrons. The van der Waals surface area contributed by atoms with Gasteiger partial charge in [-0.15, -0.1) is 0 Å². The molecule has 0 heterocycles. The zero-order valence-electron chi connectivity index (χ0n) is 6.76. The Morgan fingerprint density at radius 2 is 2.09 bits per heavy atom. The van der Waals surface area contributed by atoms with Crippen molar-refractivity contribution in [1.82, 2.24) is 5.32 Å². The molecule has 0 amide bonds. The summed E-state index contributed by atoms with van der Waals surface area (Å²) in [6, 6.07) is -0.530. The van der Waals surface area contributed by atoms with Gasteiger partial charge in [-0.1, -0.05) is 6.92 Å². The molecular weight excluding hydrogens is 146 g/mol. The van der Waals surface area contributed by atoms with Crippen LogP contribution in [0.15, 0.2) is 0 Å². The van der Waals surface area contributed by atoms with Crippen LogP contribution in [0.1, 0.15) is 20.3 Å². The monoisotopic (exact) mass is 159 g/mol. The molecule has 0 aliphatic rings. The third-order valence-electron chi connectivity index (χ3n) is 1.32. The number of carbonyl (C=O) groups excluding carboxylic acids is 1. The first-order valence-corrected chi connectivity index (χ1v) is 3.53. The minimum atomic E-state index is -0.953. The molecule has 64 valence electrons. The summed E-state index contributed by atoms with van der Waals surface area (Å²) >= 11 is 0. The minimum Gasteiger partial charge on any atom is -0.481 e. The molecule has 0 spiro atoms. The zero-order chi connectivity index (χ0) is 8.85. The number of likely N-dealkylation sites (N-methyl/N-ethyl adjacent to an activating group) is 1. The Balaban J connectivity index is 3.89. The summed E-state index contributed by atoms with van der Waals surface area (Å²) in [6.07, 6.45) is -0.136. The van der Waals surface area contributed by atoms with Crippen LogP contribution in [-0.4, -0.2) is 29.4 Å². The molecule has 11 heavy (non-hydrogen) atoms. The lowest BCUT2D eigenvalue weighted by atomic mass is 10.1. The number of carboxylic acid groups (broad SMARTS) is 1. The fourth-order valence-corrected chi connectivity index (χ4v) is 0.781. The molecule has 0 unspecified atom stereocenters. The maximum absolute atomic E-state index is 10.7. The second-order valence-corrected chi connectivity index (χ2v) is 2.32. The SMILES string of the molecule is CCN[C@@H](CC(=O)O)C(C)=O. The topological polar surface area (TPSA) is 66.4 Å². The predicted octanol–water partition coefficient (Wildman–Crippen LogP) is 0.0282. The Kier molecular flexibility index (Phi) is 4.45. The van der Waals surface area contributed by atoms with Gasteiger partial charge in [0.2, 0.25) is 0 Å². The Morgan fingerprint density at radius 1 is 1.55 bits per heavy atom. The van der Waals surface area contributed by atoms with Gasteiger partial charge >= 0.3 is 5.97 Å². The molecule has 0 aromatic rings. The van der Waals surface area contributed by atoms with E-state index in [2.05, 4.69) is 5.32 Å². The van der Waals surface area contributed by atoms with Gasteiger partial charge in [-0.2, -0.15) is 0 Å². The Labute approximate surface area is 65.6 Å². The lowest BCUT2D eigenvalue weighted by Crippen LogP contribution is -2.36. The van der Waals surface area contributed by atoms with Crippen LogP contribution in [0.4, 0.5) is 0 Å². The number of hydrogen-bond donors (Lipinski definition) is 2. The summed E-state index contributed by atoms with van der Waals surface area (Å²) in [5.41, 5.74) is 0. The first kappa shape index (κ1) is 10.1. The first-order valence-electron chi connectivity index (χ1n) is 3.53. The molecular formula is C7H13NO3. The van der Waals surface area contributed by atoms with E-state index in [4.69, 9.17) is 5.11 Å². The molecule has 0 aliphatic carbocycles. The third-order valence-corrected chi connectivity index (χ3v) is 1.32. The van der Waals surface area contributed by atoms with Crippen LogP contribution in [0.25, 0.3) is 0 Å². The minimum absolute atomic E-state index is 0.130. The van der Waals surface area contributed by atoms with Crippen molar-refractivity contribution in [3.05, 3.63) is 0 Å². The van der Waals surface area contributed by atoms with Crippen LogP contribution in [0.2, 0.25) is 0 Å². The maximum atomic E-state index is 10.7. The largest absolute Gasteiger partial charge is 0.481 e. The van der Waals surface area contributed by atoms with E-state index in [0.29, 0.717) is 6.54 Å². The fourth-order valence-electron chi connectivity index (χ4n) is 0.781. The fraction of sp³-hybridized carbons (Fsp3) is 0.714. The molecule has 0 bridgehead atoms. The molecule has 0 fully saturated rings. The lowest BCUT2D eigenvalue weighted by molar-refractivity contribution is -0.139. The Morgan fingerprint density at radius 3 is 2.36 bits per heavy atom. The van der Waals surface area contributed by atoms with E-state index >= 15 is 0 Å². The van der Waals surface area contributed by atoms with Gasteiger partial charge in [0.05, 0.1) is 12.5 Å². The molecule has 0 rings (SSSR count). The number of aliphatic carboxylic acids is 1. The van der Waals surface area contributed by atoms with Gasteiger partial charge in [0.15, 0.2) is 0 Å². The van der Waals surface area contributed by atoms with Crippen molar-refractivity contribution in [2.24, 2.45) is 0 Å². The Hall–Kier alpha value is -0.900. The highest BCUT2D eigenvalue weighted by Crippen LogP contribution is 1.92. The van der Waals surface area contributed by atoms with E-state index in [1.165, 1.54) is 6.92 Å². The number of nitrogens with one attached hydrogen (secondary N) is 1. The van der Waals surface area contributed by atoms with Gasteiger partial charge < -0.3 is 10.4 Å². The van der Waals surface area contributed by atoms with Crippen LogP contribution in [0.5, 0.6) is 0 Å². The number of rotatable bonds is 5. The number of carboxylic acids is 1. The number of Topliss-reactive ketones (excluding diaryl/α,β-unsaturated/α-hetero) is 1. The maximum Gasteiger partial charge on any atom is 0.305 e. The summed E-state index contributed by atoms with van der Waals surface area (Å²) in [5.74, 6) is -1.08. The van der Waals surface area contributed by atoms with Crippen molar-refractivity contribution in [1.29, 1.82) is 0 Å². The standard InChI is InChI=1S/C7H13NO3/c1-3-8-6(5(2)9)4-7(10)11/h6,8H,3-4H2,1-2H3,(H,10,11)/t6-/m0/s1. The normalized spacial score (nSPS) is 12.5. The van der Waals surface area contributed by atoms with Gasteiger partial charge in [0.25, 0.3) is 0 Å². The lowest BCUT2D eigenvalue weighted by Gasteiger charge is -2.10. The third kappa shape index (κ3) is 4.50. The van der Waals surface area contributed by atoms with Crippen LogP contribution in [0, 0.1) is 0 Å². The van der Waals surface area contributed by atoms with Crippen molar-refractivity contribution in [3.63, 3.8) is 0 Å². The van der Waals surface area contributed by atoms with Crippen LogP contribution in [-0.2, 0) is 9.59 Å². The highest BCUT2D eigenvalue weighted by Gasteiger charge is 2.15. The van der Waals surface area contributed by atoms with Crippen molar-refractivity contribution in [2.45, 2.75) is 26.3 Å². The average Bonchev–Trinajstić information content (AvgIpc) is 1.86. The molecule has 2 N–H and O–H groups in total. The van der Waals surface area contributed by atoms with Gasteiger partial charge in [0.1, 0.15) is 5.78 Å². The van der Waals surface area contributed by atoms with Gasteiger partial charge in [0, 0.05) is 0 Å². The molecule has 0 aromatic heterocycles. The van der Waals surface area contributed by atoms with Crippen molar-refractivity contribution >= 4 is 11.8 Å². The van der Waals surface area contributed by atoms with Gasteiger partial charge in [-0.3, -0.25) is 9.59 Å². The summed E-state index contributed by atoms with van der Waals surface area (Å²) in [5, 5.41) is 11.2. The molecule has 0 saturated carbocycles. The summed E-state index contributed by atoms with van der Waals surface area (Å²) in [7, 11) is 0.